The molecule has 2 heterocycles. The Balaban J connectivity index is 1.60. The average molecular weight is 722 g/mol. The van der Waals surface area contributed by atoms with Crippen molar-refractivity contribution in [2.24, 2.45) is 5.10 Å². The van der Waals surface area contributed by atoms with E-state index in [4.69, 9.17) is 4.74 Å². The molecule has 0 atom stereocenters. The number of anilines is 4. The first kappa shape index (κ1) is 23.4. The summed E-state index contributed by atoms with van der Waals surface area (Å²) in [7, 11) is 0. The molecule has 1 aliphatic heterocycles. The molecule has 2 aromatic carbocycles. The first-order chi connectivity index (χ1) is 15.5. The maximum absolute atomic E-state index is 10.3. The molecule has 166 valence electrons. The Kier molecular flexibility index (Phi) is 7.96. The Bertz CT molecular complexity index is 1140. The molecule has 1 aromatic heterocycles. The summed E-state index contributed by atoms with van der Waals surface area (Å²) in [6.07, 6.45) is 1.54. The molecular weight excluding hydrogens is 704 g/mol. The summed E-state index contributed by atoms with van der Waals surface area (Å²) in [5, 5.41) is 17.7. The van der Waals surface area contributed by atoms with Gasteiger partial charge in [-0.3, -0.25) is 0 Å². The zero-order valence-corrected chi connectivity index (χ0v) is 22.5. The molecule has 1 fully saturated rings. The van der Waals surface area contributed by atoms with E-state index >= 15 is 0 Å². The van der Waals surface area contributed by atoms with Gasteiger partial charge in [-0.05, 0) is 75.5 Å². The second-order valence-corrected chi connectivity index (χ2v) is 10.0. The molecule has 12 heteroatoms. The van der Waals surface area contributed by atoms with Crippen molar-refractivity contribution in [1.82, 2.24) is 15.0 Å². The van der Waals surface area contributed by atoms with Crippen LogP contribution in [-0.2, 0) is 4.74 Å². The molecular formula is C20H18BrI2N7O2. The van der Waals surface area contributed by atoms with Crippen LogP contribution in [-0.4, -0.2) is 52.6 Å². The number of aromatic hydroxyl groups is 1. The third kappa shape index (κ3) is 6.17. The molecule has 3 N–H and O–H groups in total. The summed E-state index contributed by atoms with van der Waals surface area (Å²) in [5.74, 6) is 1.39. The van der Waals surface area contributed by atoms with Crippen molar-refractivity contribution in [3.05, 3.63) is 53.6 Å². The standard InChI is InChI=1S/C20H18BrI2N7O2/c21-13-2-1-3-15(9-13)25-18-26-19(28-20(27-18)30-4-6-32-7-5-30)29-24-11-12-8-14(22)10-16(23)17(12)31/h1-3,8-11,31H,4-7H2,(H2,25,26,27,28,29). The number of hydrogen-bond acceptors (Lipinski definition) is 9. The Morgan fingerprint density at radius 2 is 1.88 bits per heavy atom. The number of phenolic OH excluding ortho intramolecular Hbond substituents is 1. The third-order valence-corrected chi connectivity index (χ3v) is 6.36. The van der Waals surface area contributed by atoms with Crippen molar-refractivity contribution >= 4 is 90.9 Å². The van der Waals surface area contributed by atoms with E-state index in [1.54, 1.807) is 6.21 Å². The van der Waals surface area contributed by atoms with Crippen LogP contribution in [0.5, 0.6) is 5.75 Å². The fraction of sp³-hybridized carbons (Fsp3) is 0.200. The van der Waals surface area contributed by atoms with E-state index in [0.29, 0.717) is 43.8 Å². The number of phenols is 1. The number of nitrogens with zero attached hydrogens (tertiary/aromatic N) is 5. The van der Waals surface area contributed by atoms with Gasteiger partial charge in [-0.1, -0.05) is 22.0 Å². The van der Waals surface area contributed by atoms with Crippen LogP contribution in [0.25, 0.3) is 0 Å². The Morgan fingerprint density at radius 3 is 2.66 bits per heavy atom. The highest BCUT2D eigenvalue weighted by Crippen LogP contribution is 2.26. The van der Waals surface area contributed by atoms with Crippen molar-refractivity contribution in [3.63, 3.8) is 0 Å². The summed E-state index contributed by atoms with van der Waals surface area (Å²) in [5.41, 5.74) is 4.30. The van der Waals surface area contributed by atoms with Gasteiger partial charge in [-0.2, -0.15) is 20.1 Å². The quantitative estimate of drug-likeness (QED) is 0.193. The van der Waals surface area contributed by atoms with Crippen LogP contribution in [0.4, 0.5) is 23.5 Å². The predicted octanol–water partition coefficient (Wildman–Crippen LogP) is 4.58. The number of morpholine rings is 1. The van der Waals surface area contributed by atoms with Crippen molar-refractivity contribution < 1.29 is 9.84 Å². The molecule has 0 aliphatic carbocycles. The number of hydrazone groups is 1. The van der Waals surface area contributed by atoms with Crippen molar-refractivity contribution in [2.45, 2.75) is 0 Å². The van der Waals surface area contributed by atoms with Crippen LogP contribution in [0, 0.1) is 7.14 Å². The zero-order valence-electron chi connectivity index (χ0n) is 16.6. The monoisotopic (exact) mass is 721 g/mol. The topological polar surface area (TPSA) is 108 Å². The van der Waals surface area contributed by atoms with E-state index in [1.165, 1.54) is 0 Å². The number of hydrogen-bond donors (Lipinski definition) is 3. The van der Waals surface area contributed by atoms with Crippen molar-refractivity contribution in [1.29, 1.82) is 0 Å². The average Bonchev–Trinajstić information content (AvgIpc) is 2.77. The number of nitrogens with one attached hydrogen (secondary N) is 2. The lowest BCUT2D eigenvalue weighted by molar-refractivity contribution is 0.122. The molecule has 0 unspecified atom stereocenters. The molecule has 0 radical (unpaired) electrons. The van der Waals surface area contributed by atoms with Gasteiger partial charge in [0.15, 0.2) is 0 Å². The second kappa shape index (κ2) is 10.9. The lowest BCUT2D eigenvalue weighted by atomic mass is 10.2. The van der Waals surface area contributed by atoms with Crippen molar-refractivity contribution in [3.8, 4) is 5.75 Å². The van der Waals surface area contributed by atoms with Crippen LogP contribution >= 0.6 is 61.1 Å². The molecule has 0 amide bonds. The summed E-state index contributed by atoms with van der Waals surface area (Å²) in [6.45, 7) is 2.62. The van der Waals surface area contributed by atoms with Crippen molar-refractivity contribution in [2.75, 3.05) is 41.9 Å². The summed E-state index contributed by atoms with van der Waals surface area (Å²) < 4.78 is 8.14. The van der Waals surface area contributed by atoms with E-state index in [2.05, 4.69) is 91.9 Å². The summed E-state index contributed by atoms with van der Waals surface area (Å²) >= 11 is 7.76. The van der Waals surface area contributed by atoms with Crippen LogP contribution < -0.4 is 15.6 Å². The molecule has 32 heavy (non-hydrogen) atoms. The SMILES string of the molecule is Oc1c(I)cc(I)cc1C=NNc1nc(Nc2cccc(Br)c2)nc(N2CCOCC2)n1. The number of halogens is 3. The minimum absolute atomic E-state index is 0.179. The third-order valence-electron chi connectivity index (χ3n) is 4.42. The molecule has 1 aliphatic rings. The summed E-state index contributed by atoms with van der Waals surface area (Å²) in [6, 6.07) is 11.5. The van der Waals surface area contributed by atoms with Crippen LogP contribution in [0.3, 0.4) is 0 Å². The van der Waals surface area contributed by atoms with Gasteiger partial charge in [0.1, 0.15) is 5.75 Å². The van der Waals surface area contributed by atoms with E-state index in [0.717, 1.165) is 17.3 Å². The minimum Gasteiger partial charge on any atom is -0.506 e. The number of benzene rings is 2. The molecule has 0 spiro atoms. The van der Waals surface area contributed by atoms with E-state index in [1.807, 2.05) is 41.3 Å². The van der Waals surface area contributed by atoms with Crippen LogP contribution in [0.15, 0.2) is 46.0 Å². The number of aromatic nitrogens is 3. The smallest absolute Gasteiger partial charge is 0.250 e. The van der Waals surface area contributed by atoms with Gasteiger partial charge in [0.2, 0.25) is 17.8 Å². The first-order valence-electron chi connectivity index (χ1n) is 9.56. The van der Waals surface area contributed by atoms with E-state index in [9.17, 15) is 5.11 Å². The second-order valence-electron chi connectivity index (χ2n) is 6.71. The fourth-order valence-corrected chi connectivity index (χ4v) is 5.20. The molecule has 4 rings (SSSR count). The first-order valence-corrected chi connectivity index (χ1v) is 12.5. The van der Waals surface area contributed by atoms with Gasteiger partial charge in [0, 0.05) is 32.4 Å². The Morgan fingerprint density at radius 1 is 1.09 bits per heavy atom. The Hall–Kier alpha value is -1.78. The van der Waals surface area contributed by atoms with Gasteiger partial charge < -0.3 is 20.1 Å². The van der Waals surface area contributed by atoms with Crippen LogP contribution in [0.1, 0.15) is 5.56 Å². The number of ether oxygens (including phenoxy) is 1. The predicted molar refractivity (Wildman–Crippen MR) is 145 cm³/mol. The number of rotatable bonds is 6. The highest BCUT2D eigenvalue weighted by molar-refractivity contribution is 14.1. The van der Waals surface area contributed by atoms with Gasteiger partial charge in [-0.25, -0.2) is 5.43 Å². The largest absolute Gasteiger partial charge is 0.506 e. The van der Waals surface area contributed by atoms with E-state index < -0.39 is 0 Å². The lowest BCUT2D eigenvalue weighted by Gasteiger charge is -2.27. The van der Waals surface area contributed by atoms with Gasteiger partial charge in [0.05, 0.1) is 23.0 Å². The fourth-order valence-electron chi connectivity index (χ4n) is 2.91. The summed E-state index contributed by atoms with van der Waals surface area (Å²) in [4.78, 5) is 15.6. The van der Waals surface area contributed by atoms with Gasteiger partial charge >= 0.3 is 0 Å². The van der Waals surface area contributed by atoms with Crippen LogP contribution in [0.2, 0.25) is 0 Å². The van der Waals surface area contributed by atoms with Gasteiger partial charge in [0.25, 0.3) is 0 Å². The molecule has 0 saturated carbocycles. The molecule has 0 bridgehead atoms. The highest BCUT2D eigenvalue weighted by atomic mass is 127. The lowest BCUT2D eigenvalue weighted by Crippen LogP contribution is -2.37. The maximum atomic E-state index is 10.3. The normalized spacial score (nSPS) is 14.0. The highest BCUT2D eigenvalue weighted by Gasteiger charge is 2.17. The molecule has 9 nitrogen and oxygen atoms in total. The zero-order chi connectivity index (χ0) is 22.5. The maximum Gasteiger partial charge on any atom is 0.250 e. The molecule has 1 saturated heterocycles. The minimum atomic E-state index is 0.179. The van der Waals surface area contributed by atoms with E-state index in [-0.39, 0.29) is 11.7 Å². The van der Waals surface area contributed by atoms with Gasteiger partial charge in [-0.15, -0.1) is 0 Å². The Labute approximate surface area is 220 Å². The molecule has 3 aromatic rings.